The van der Waals surface area contributed by atoms with Crippen molar-refractivity contribution in [3.8, 4) is 0 Å². The Bertz CT molecular complexity index is 779. The number of anilines is 1. The van der Waals surface area contributed by atoms with Crippen molar-refractivity contribution in [1.82, 2.24) is 5.32 Å². The number of rotatable bonds is 8. The van der Waals surface area contributed by atoms with Crippen molar-refractivity contribution in [3.05, 3.63) is 65.5 Å². The second kappa shape index (κ2) is 9.57. The van der Waals surface area contributed by atoms with Gasteiger partial charge >= 0.3 is 5.97 Å². The van der Waals surface area contributed by atoms with Gasteiger partial charge in [-0.1, -0.05) is 12.1 Å². The molecule has 8 heteroatoms. The van der Waals surface area contributed by atoms with Crippen LogP contribution in [0.3, 0.4) is 0 Å². The Balaban J connectivity index is 1.75. The van der Waals surface area contributed by atoms with Gasteiger partial charge in [0.1, 0.15) is 12.4 Å². The van der Waals surface area contributed by atoms with Gasteiger partial charge in [0.2, 0.25) is 5.91 Å². The van der Waals surface area contributed by atoms with Crippen LogP contribution in [-0.4, -0.2) is 35.2 Å². The lowest BCUT2D eigenvalue weighted by atomic mass is 10.1. The van der Waals surface area contributed by atoms with Crippen molar-refractivity contribution in [1.29, 1.82) is 0 Å². The number of carbonyl (C=O) groups is 3. The standard InChI is InChI=1S/C18H17FN2O4S/c19-14-5-7-15(8-6-14)21-16(22)11-26-10-12-1-3-13(4-2-12)18(25)20-9-17(23)24/h1-8H,9-11H2,(H,20,25)(H,21,22)(H,23,24). The number of thioether (sulfide) groups is 1. The molecule has 2 rings (SSSR count). The van der Waals surface area contributed by atoms with E-state index in [1.807, 2.05) is 0 Å². The minimum absolute atomic E-state index is 0.189. The van der Waals surface area contributed by atoms with Gasteiger partial charge in [-0.25, -0.2) is 4.39 Å². The van der Waals surface area contributed by atoms with Crippen LogP contribution in [-0.2, 0) is 15.3 Å². The van der Waals surface area contributed by atoms with Gasteiger partial charge in [-0.3, -0.25) is 14.4 Å². The Hall–Kier alpha value is -2.87. The van der Waals surface area contributed by atoms with Gasteiger partial charge in [-0.05, 0) is 42.0 Å². The van der Waals surface area contributed by atoms with Gasteiger partial charge in [0, 0.05) is 17.0 Å². The topological polar surface area (TPSA) is 95.5 Å². The molecule has 0 unspecified atom stereocenters. The molecule has 0 heterocycles. The number of halogens is 1. The average molecular weight is 376 g/mol. The van der Waals surface area contributed by atoms with Crippen molar-refractivity contribution in [2.75, 3.05) is 17.6 Å². The molecule has 136 valence electrons. The third kappa shape index (κ3) is 6.56. The maximum atomic E-state index is 12.8. The smallest absolute Gasteiger partial charge is 0.322 e. The molecule has 0 radical (unpaired) electrons. The van der Waals surface area contributed by atoms with Crippen LogP contribution in [0.15, 0.2) is 48.5 Å². The third-order valence-electron chi connectivity index (χ3n) is 3.25. The van der Waals surface area contributed by atoms with E-state index in [9.17, 15) is 18.8 Å². The fourth-order valence-electron chi connectivity index (χ4n) is 2.00. The molecule has 26 heavy (non-hydrogen) atoms. The van der Waals surface area contributed by atoms with E-state index in [-0.39, 0.29) is 17.5 Å². The lowest BCUT2D eigenvalue weighted by molar-refractivity contribution is -0.135. The highest BCUT2D eigenvalue weighted by atomic mass is 32.2. The van der Waals surface area contributed by atoms with E-state index < -0.39 is 18.4 Å². The van der Waals surface area contributed by atoms with Crippen LogP contribution in [0.25, 0.3) is 0 Å². The highest BCUT2D eigenvalue weighted by Crippen LogP contribution is 2.14. The van der Waals surface area contributed by atoms with Crippen LogP contribution in [0.2, 0.25) is 0 Å². The van der Waals surface area contributed by atoms with Gasteiger partial charge in [0.05, 0.1) is 5.75 Å². The van der Waals surface area contributed by atoms with Crippen molar-refractivity contribution in [2.24, 2.45) is 0 Å². The SMILES string of the molecule is O=C(O)CNC(=O)c1ccc(CSCC(=O)Nc2ccc(F)cc2)cc1. The molecule has 0 saturated heterocycles. The molecule has 0 saturated carbocycles. The van der Waals surface area contributed by atoms with Gasteiger partial charge in [0.25, 0.3) is 5.91 Å². The molecular formula is C18H17FN2O4S. The summed E-state index contributed by atoms with van der Waals surface area (Å²) in [6.07, 6.45) is 0. The Labute approximate surface area is 153 Å². The van der Waals surface area contributed by atoms with Crippen LogP contribution < -0.4 is 10.6 Å². The monoisotopic (exact) mass is 376 g/mol. The number of carboxylic acids is 1. The van der Waals surface area contributed by atoms with E-state index in [1.165, 1.54) is 36.0 Å². The minimum atomic E-state index is -1.11. The quantitative estimate of drug-likeness (QED) is 0.658. The van der Waals surface area contributed by atoms with Crippen LogP contribution in [0.1, 0.15) is 15.9 Å². The normalized spacial score (nSPS) is 10.2. The Morgan fingerprint density at radius 2 is 1.65 bits per heavy atom. The zero-order valence-corrected chi connectivity index (χ0v) is 14.5. The van der Waals surface area contributed by atoms with E-state index >= 15 is 0 Å². The number of carbonyl (C=O) groups excluding carboxylic acids is 2. The van der Waals surface area contributed by atoms with Crippen LogP contribution in [0.5, 0.6) is 0 Å². The number of hydrogen-bond donors (Lipinski definition) is 3. The van der Waals surface area contributed by atoms with Gasteiger partial charge in [-0.2, -0.15) is 0 Å². The first-order valence-corrected chi connectivity index (χ1v) is 8.81. The highest BCUT2D eigenvalue weighted by molar-refractivity contribution is 7.99. The average Bonchev–Trinajstić information content (AvgIpc) is 2.62. The maximum absolute atomic E-state index is 12.8. The fourth-order valence-corrected chi connectivity index (χ4v) is 2.79. The van der Waals surface area contributed by atoms with Crippen molar-refractivity contribution < 1.29 is 23.9 Å². The summed E-state index contributed by atoms with van der Waals surface area (Å²) in [5.74, 6) is -1.30. The lowest BCUT2D eigenvalue weighted by Gasteiger charge is -2.06. The van der Waals surface area contributed by atoms with E-state index in [4.69, 9.17) is 5.11 Å². The molecule has 0 aliphatic rings. The molecule has 0 spiro atoms. The zero-order chi connectivity index (χ0) is 18.9. The summed E-state index contributed by atoms with van der Waals surface area (Å²) in [6, 6.07) is 12.2. The third-order valence-corrected chi connectivity index (χ3v) is 4.25. The molecule has 2 aromatic rings. The molecule has 0 fully saturated rings. The Kier molecular flexibility index (Phi) is 7.16. The van der Waals surface area contributed by atoms with Crippen molar-refractivity contribution in [3.63, 3.8) is 0 Å². The molecule has 0 atom stereocenters. The molecule has 6 nitrogen and oxygen atoms in total. The molecule has 0 aromatic heterocycles. The lowest BCUT2D eigenvalue weighted by Crippen LogP contribution is -2.29. The Morgan fingerprint density at radius 3 is 2.27 bits per heavy atom. The molecule has 2 amide bonds. The van der Waals surface area contributed by atoms with E-state index in [0.29, 0.717) is 17.0 Å². The first kappa shape index (κ1) is 19.5. The summed E-state index contributed by atoms with van der Waals surface area (Å²) >= 11 is 1.40. The van der Waals surface area contributed by atoms with E-state index in [2.05, 4.69) is 10.6 Å². The largest absolute Gasteiger partial charge is 0.480 e. The summed E-state index contributed by atoms with van der Waals surface area (Å²) in [5.41, 5.74) is 1.84. The second-order valence-corrected chi connectivity index (χ2v) is 6.31. The van der Waals surface area contributed by atoms with Gasteiger partial charge in [0.15, 0.2) is 0 Å². The van der Waals surface area contributed by atoms with E-state index in [0.717, 1.165) is 5.56 Å². The molecule has 2 aromatic carbocycles. The number of amides is 2. The summed E-state index contributed by atoms with van der Waals surface area (Å²) in [4.78, 5) is 34.0. The predicted molar refractivity (Wildman–Crippen MR) is 97.6 cm³/mol. The van der Waals surface area contributed by atoms with Crippen LogP contribution >= 0.6 is 11.8 Å². The first-order valence-electron chi connectivity index (χ1n) is 7.66. The van der Waals surface area contributed by atoms with Gasteiger partial charge in [-0.15, -0.1) is 11.8 Å². The summed E-state index contributed by atoms with van der Waals surface area (Å²) in [7, 11) is 0. The summed E-state index contributed by atoms with van der Waals surface area (Å²) < 4.78 is 12.8. The highest BCUT2D eigenvalue weighted by Gasteiger charge is 2.07. The van der Waals surface area contributed by atoms with Crippen molar-refractivity contribution >= 4 is 35.2 Å². The molecule has 0 bridgehead atoms. The van der Waals surface area contributed by atoms with E-state index in [1.54, 1.807) is 24.3 Å². The number of aliphatic carboxylic acids is 1. The van der Waals surface area contributed by atoms with Crippen molar-refractivity contribution in [2.45, 2.75) is 5.75 Å². The summed E-state index contributed by atoms with van der Waals surface area (Å²) in [6.45, 7) is -0.431. The first-order chi connectivity index (χ1) is 12.4. The van der Waals surface area contributed by atoms with Crippen LogP contribution in [0, 0.1) is 5.82 Å². The van der Waals surface area contributed by atoms with Crippen LogP contribution in [0.4, 0.5) is 10.1 Å². The molecular weight excluding hydrogens is 359 g/mol. The molecule has 3 N–H and O–H groups in total. The minimum Gasteiger partial charge on any atom is -0.480 e. The Morgan fingerprint density at radius 1 is 1.00 bits per heavy atom. The second-order valence-electron chi connectivity index (χ2n) is 5.32. The molecule has 0 aliphatic heterocycles. The molecule has 0 aliphatic carbocycles. The predicted octanol–water partition coefficient (Wildman–Crippen LogP) is 2.51. The number of carboxylic acid groups (broad SMARTS) is 1. The number of benzene rings is 2. The zero-order valence-electron chi connectivity index (χ0n) is 13.7. The van der Waals surface area contributed by atoms with Gasteiger partial charge < -0.3 is 15.7 Å². The summed E-state index contributed by atoms with van der Waals surface area (Å²) in [5, 5.41) is 13.5. The number of hydrogen-bond acceptors (Lipinski definition) is 4. The fraction of sp³-hybridized carbons (Fsp3) is 0.167. The maximum Gasteiger partial charge on any atom is 0.322 e. The number of nitrogens with one attached hydrogen (secondary N) is 2.